The average Bonchev–Trinajstić information content (AvgIpc) is 2.42. The molecule has 0 radical (unpaired) electrons. The quantitative estimate of drug-likeness (QED) is 0.289. The van der Waals surface area contributed by atoms with Gasteiger partial charge in [0.15, 0.2) is 0 Å². The van der Waals surface area contributed by atoms with Crippen LogP contribution in [0.1, 0.15) is 16.3 Å². The minimum Gasteiger partial charge on any atom is -0.540 e. The summed E-state index contributed by atoms with van der Waals surface area (Å²) in [6, 6.07) is 1.49. The van der Waals surface area contributed by atoms with Gasteiger partial charge in [-0.3, -0.25) is 4.57 Å². The Kier molecular flexibility index (Phi) is 5.05. The molecule has 0 N–H and O–H groups in total. The summed E-state index contributed by atoms with van der Waals surface area (Å²) in [5.41, 5.74) is -0.422. The summed E-state index contributed by atoms with van der Waals surface area (Å²) in [6.45, 7) is 0. The van der Waals surface area contributed by atoms with Crippen molar-refractivity contribution in [2.45, 2.75) is 0 Å². The predicted octanol–water partition coefficient (Wildman–Crippen LogP) is -4.43. The van der Waals surface area contributed by atoms with Crippen LogP contribution in [0.2, 0.25) is 0 Å². The number of hydrogen-bond acceptors (Lipinski definition) is 6. The van der Waals surface area contributed by atoms with Crippen LogP contribution in [0.4, 0.5) is 5.82 Å². The number of carbonyl (C=O) groups excluding carboxylic acids is 1. The van der Waals surface area contributed by atoms with Crippen molar-refractivity contribution in [2.24, 2.45) is 7.05 Å². The van der Waals surface area contributed by atoms with E-state index >= 15 is 0 Å². The Bertz CT molecular complexity index is 460. The van der Waals surface area contributed by atoms with Gasteiger partial charge in [-0.1, -0.05) is 0 Å². The van der Waals surface area contributed by atoms with Crippen molar-refractivity contribution in [1.82, 2.24) is 9.55 Å². The third-order valence-corrected chi connectivity index (χ3v) is 1.54. The zero-order chi connectivity index (χ0) is 10.9. The molecule has 0 saturated carbocycles. The minimum atomic E-state index is -1.67. The number of aromatic carboxylic acids is 1. The molecule has 0 unspecified atom stereocenters. The first-order valence-electron chi connectivity index (χ1n) is 3.31. The molecular formula is C6H3KN4O4. The van der Waals surface area contributed by atoms with E-state index in [0.29, 0.717) is 0 Å². The zero-order valence-corrected chi connectivity index (χ0v) is 11.0. The van der Waals surface area contributed by atoms with Gasteiger partial charge in [-0.05, 0) is 9.91 Å². The predicted molar refractivity (Wildman–Crippen MR) is 38.9 cm³/mol. The Morgan fingerprint density at radius 3 is 2.47 bits per heavy atom. The molecule has 0 amide bonds. The van der Waals surface area contributed by atoms with Gasteiger partial charge >= 0.3 is 57.2 Å². The van der Waals surface area contributed by atoms with Gasteiger partial charge in [0, 0.05) is 7.05 Å². The van der Waals surface area contributed by atoms with Crippen LogP contribution < -0.4 is 56.5 Å². The van der Waals surface area contributed by atoms with Gasteiger partial charge in [-0.25, -0.2) is 0 Å². The third kappa shape index (κ3) is 2.61. The summed E-state index contributed by atoms with van der Waals surface area (Å²) in [5.74, 6) is -3.10. The molecule has 1 aromatic rings. The van der Waals surface area contributed by atoms with Crippen molar-refractivity contribution in [2.75, 3.05) is 0 Å². The van der Waals surface area contributed by atoms with E-state index in [1.807, 2.05) is 0 Å². The van der Waals surface area contributed by atoms with E-state index in [-0.39, 0.29) is 51.4 Å². The molecule has 0 aliphatic rings. The summed E-state index contributed by atoms with van der Waals surface area (Å²) in [7, 11) is 1.18. The number of carbonyl (C=O) groups is 1. The van der Waals surface area contributed by atoms with E-state index in [9.17, 15) is 20.0 Å². The van der Waals surface area contributed by atoms with Gasteiger partial charge in [-0.15, -0.1) is 0 Å². The van der Waals surface area contributed by atoms with Crippen LogP contribution in [0, 0.1) is 21.4 Å². The van der Waals surface area contributed by atoms with Gasteiger partial charge in [0.1, 0.15) is 12.0 Å². The number of carboxylic acid groups (broad SMARTS) is 1. The summed E-state index contributed by atoms with van der Waals surface area (Å²) in [6.07, 6.45) is 0. The van der Waals surface area contributed by atoms with Crippen LogP contribution in [0.15, 0.2) is 0 Å². The molecule has 1 rings (SSSR count). The molecule has 9 heteroatoms. The van der Waals surface area contributed by atoms with Crippen LogP contribution in [-0.4, -0.2) is 20.4 Å². The van der Waals surface area contributed by atoms with Crippen molar-refractivity contribution in [3.8, 4) is 6.07 Å². The first kappa shape index (κ1) is 14.2. The van der Waals surface area contributed by atoms with Crippen molar-refractivity contribution in [3.63, 3.8) is 0 Å². The van der Waals surface area contributed by atoms with E-state index in [1.54, 1.807) is 0 Å². The second-order valence-corrected chi connectivity index (χ2v) is 2.32. The van der Waals surface area contributed by atoms with Gasteiger partial charge in [0.05, 0.1) is 0 Å². The summed E-state index contributed by atoms with van der Waals surface area (Å²) >= 11 is 0. The Labute approximate surface area is 126 Å². The smallest absolute Gasteiger partial charge is 0.540 e. The SMILES string of the molecule is Cn1c(C(=O)[O-])nc([N+](=O)[O-])c1C#N.[K+]. The third-order valence-electron chi connectivity index (χ3n) is 1.54. The zero-order valence-electron chi connectivity index (χ0n) is 7.92. The van der Waals surface area contributed by atoms with Crippen LogP contribution in [0.25, 0.3) is 0 Å². The molecule has 15 heavy (non-hydrogen) atoms. The van der Waals surface area contributed by atoms with Crippen molar-refractivity contribution >= 4 is 11.8 Å². The van der Waals surface area contributed by atoms with E-state index in [1.165, 1.54) is 13.1 Å². The molecule has 1 aromatic heterocycles. The van der Waals surface area contributed by atoms with Crippen molar-refractivity contribution in [3.05, 3.63) is 21.6 Å². The molecular weight excluding hydrogens is 231 g/mol. The van der Waals surface area contributed by atoms with Gasteiger partial charge in [-0.2, -0.15) is 5.26 Å². The largest absolute Gasteiger partial charge is 1.00 e. The normalized spacial score (nSPS) is 8.80. The fourth-order valence-corrected chi connectivity index (χ4v) is 0.919. The molecule has 1 heterocycles. The van der Waals surface area contributed by atoms with Gasteiger partial charge in [0.25, 0.3) is 5.82 Å². The first-order valence-corrected chi connectivity index (χ1v) is 3.31. The summed E-state index contributed by atoms with van der Waals surface area (Å²) in [4.78, 5) is 23.0. The molecule has 0 saturated heterocycles. The minimum absolute atomic E-state index is 0. The van der Waals surface area contributed by atoms with Crippen molar-refractivity contribution < 1.29 is 66.2 Å². The van der Waals surface area contributed by atoms with E-state index in [4.69, 9.17) is 5.26 Å². The fourth-order valence-electron chi connectivity index (χ4n) is 0.919. The van der Waals surface area contributed by atoms with Gasteiger partial charge < -0.3 is 20.0 Å². The Morgan fingerprint density at radius 1 is 1.67 bits per heavy atom. The molecule has 0 fully saturated rings. The number of imidazole rings is 1. The Morgan fingerprint density at radius 2 is 2.20 bits per heavy atom. The molecule has 0 atom stereocenters. The molecule has 72 valence electrons. The fraction of sp³-hybridized carbons (Fsp3) is 0.167. The number of nitro groups is 1. The number of nitrogens with zero attached hydrogens (tertiary/aromatic N) is 4. The topological polar surface area (TPSA) is 125 Å². The number of carboxylic acids is 1. The van der Waals surface area contributed by atoms with Crippen molar-refractivity contribution in [1.29, 1.82) is 5.26 Å². The molecule has 8 nitrogen and oxygen atoms in total. The average molecular weight is 234 g/mol. The first-order chi connectivity index (χ1) is 6.49. The molecule has 0 bridgehead atoms. The summed E-state index contributed by atoms with van der Waals surface area (Å²) < 4.78 is 0.799. The Hall–Kier alpha value is -0.794. The second kappa shape index (κ2) is 5.33. The molecule has 0 spiro atoms. The molecule has 0 aromatic carbocycles. The monoisotopic (exact) mass is 234 g/mol. The molecule has 0 aliphatic carbocycles. The van der Waals surface area contributed by atoms with Gasteiger partial charge in [0.2, 0.25) is 5.69 Å². The Balaban J connectivity index is 0.00000196. The van der Waals surface area contributed by atoms with E-state index in [2.05, 4.69) is 4.98 Å². The number of hydrogen-bond donors (Lipinski definition) is 0. The number of rotatable bonds is 2. The maximum Gasteiger partial charge on any atom is 1.00 e. The van der Waals surface area contributed by atoms with Crippen LogP contribution in [0.3, 0.4) is 0 Å². The molecule has 0 aliphatic heterocycles. The van der Waals surface area contributed by atoms with E-state index < -0.39 is 28.2 Å². The summed E-state index contributed by atoms with van der Waals surface area (Å²) in [5, 5.41) is 29.2. The standard InChI is InChI=1S/C6H4N4O4.K/c1-9-3(2-7)4(10(13)14)8-5(9)6(11)12;/h1H3,(H,11,12);/q;+1/p-1. The van der Waals surface area contributed by atoms with Crippen LogP contribution in [-0.2, 0) is 7.05 Å². The number of aromatic nitrogens is 2. The number of nitriles is 1. The van der Waals surface area contributed by atoms with Crippen LogP contribution >= 0.6 is 0 Å². The maximum atomic E-state index is 10.4. The van der Waals surface area contributed by atoms with E-state index in [0.717, 1.165) is 4.57 Å². The van der Waals surface area contributed by atoms with Crippen LogP contribution in [0.5, 0.6) is 0 Å². The maximum absolute atomic E-state index is 10.4. The second-order valence-electron chi connectivity index (χ2n) is 2.32.